The van der Waals surface area contributed by atoms with Gasteiger partial charge in [0.15, 0.2) is 5.76 Å². The lowest BCUT2D eigenvalue weighted by Gasteiger charge is -2.03. The smallest absolute Gasteiger partial charge is 0.291 e. The number of carbonyl (C=O) groups excluding carboxylic acids is 1. The summed E-state index contributed by atoms with van der Waals surface area (Å²) in [7, 11) is -2.45. The van der Waals surface area contributed by atoms with Crippen LogP contribution >= 0.6 is 0 Å². The molecule has 2 aromatic heterocycles. The molecule has 0 spiro atoms. The molecule has 0 unspecified atom stereocenters. The van der Waals surface area contributed by atoms with Crippen molar-refractivity contribution in [3.05, 3.63) is 42.3 Å². The lowest BCUT2D eigenvalue weighted by Crippen LogP contribution is -2.18. The zero-order valence-corrected chi connectivity index (χ0v) is 12.3. The molecule has 0 atom stereocenters. The van der Waals surface area contributed by atoms with Gasteiger partial charge in [-0.15, -0.1) is 0 Å². The van der Waals surface area contributed by atoms with Gasteiger partial charge in [-0.3, -0.25) is 9.89 Å². The first-order valence-electron chi connectivity index (χ1n) is 6.27. The summed E-state index contributed by atoms with van der Waals surface area (Å²) in [5.41, 5.74) is 1.40. The summed E-state index contributed by atoms with van der Waals surface area (Å²) in [6.45, 7) is 0. The lowest BCUT2D eigenvalue weighted by atomic mass is 10.2. The first-order chi connectivity index (χ1) is 10.5. The number of sulfonamides is 1. The molecule has 0 saturated carbocycles. The van der Waals surface area contributed by atoms with Gasteiger partial charge in [-0.2, -0.15) is 5.10 Å². The normalized spacial score (nSPS) is 11.7. The highest BCUT2D eigenvalue weighted by Crippen LogP contribution is 2.19. The predicted octanol–water partition coefficient (Wildman–Crippen LogP) is 1.32. The number of hydrogen-bond acceptors (Lipinski definition) is 5. The third kappa shape index (κ3) is 2.59. The Morgan fingerprint density at radius 2 is 2.09 bits per heavy atom. The lowest BCUT2D eigenvalue weighted by molar-refractivity contribution is 0.0991. The van der Waals surface area contributed by atoms with Gasteiger partial charge in [0.2, 0.25) is 5.09 Å². The monoisotopic (exact) mass is 320 g/mol. The topological polar surface area (TPSA) is 117 Å². The van der Waals surface area contributed by atoms with Crippen molar-refractivity contribution < 1.29 is 17.6 Å². The van der Waals surface area contributed by atoms with Crippen LogP contribution < -0.4 is 10.0 Å². The average Bonchev–Trinajstić information content (AvgIpc) is 3.16. The Morgan fingerprint density at radius 1 is 1.27 bits per heavy atom. The summed E-state index contributed by atoms with van der Waals surface area (Å²) < 4.78 is 30.3. The van der Waals surface area contributed by atoms with Crippen LogP contribution in [0, 0.1) is 0 Å². The van der Waals surface area contributed by atoms with Gasteiger partial charge in [-0.05, 0) is 37.4 Å². The summed E-state index contributed by atoms with van der Waals surface area (Å²) in [6.07, 6.45) is 1.63. The molecule has 0 aliphatic rings. The van der Waals surface area contributed by atoms with Crippen molar-refractivity contribution in [3.8, 4) is 0 Å². The second kappa shape index (κ2) is 5.28. The molecule has 9 heteroatoms. The highest BCUT2D eigenvalue weighted by atomic mass is 32.2. The molecule has 0 aliphatic carbocycles. The number of aromatic nitrogens is 2. The predicted molar refractivity (Wildman–Crippen MR) is 79.0 cm³/mol. The van der Waals surface area contributed by atoms with E-state index in [-0.39, 0.29) is 10.9 Å². The molecule has 1 amide bonds. The second-order valence-corrected chi connectivity index (χ2v) is 6.27. The van der Waals surface area contributed by atoms with E-state index in [0.29, 0.717) is 5.69 Å². The average molecular weight is 320 g/mol. The van der Waals surface area contributed by atoms with Crippen LogP contribution in [0.5, 0.6) is 0 Å². The highest BCUT2D eigenvalue weighted by Gasteiger charge is 2.19. The Bertz CT molecular complexity index is 942. The summed E-state index contributed by atoms with van der Waals surface area (Å²) >= 11 is 0. The minimum absolute atomic E-state index is 0.0962. The van der Waals surface area contributed by atoms with Gasteiger partial charge < -0.3 is 9.73 Å². The number of benzene rings is 1. The van der Waals surface area contributed by atoms with Crippen molar-refractivity contribution in [2.24, 2.45) is 0 Å². The molecule has 0 bridgehead atoms. The van der Waals surface area contributed by atoms with Crippen LogP contribution in [0.25, 0.3) is 10.9 Å². The molecule has 0 fully saturated rings. The van der Waals surface area contributed by atoms with E-state index >= 15 is 0 Å². The number of anilines is 1. The van der Waals surface area contributed by atoms with Crippen LogP contribution in [-0.4, -0.2) is 31.6 Å². The quantitative estimate of drug-likeness (QED) is 0.670. The molecule has 3 N–H and O–H groups in total. The number of rotatable bonds is 4. The van der Waals surface area contributed by atoms with Crippen LogP contribution in [0.3, 0.4) is 0 Å². The van der Waals surface area contributed by atoms with Crippen LogP contribution in [0.2, 0.25) is 0 Å². The molecule has 0 saturated heterocycles. The molecular formula is C13H12N4O4S. The van der Waals surface area contributed by atoms with Crippen molar-refractivity contribution >= 4 is 32.5 Å². The van der Waals surface area contributed by atoms with Gasteiger partial charge in [0, 0.05) is 11.1 Å². The molecular weight excluding hydrogens is 308 g/mol. The summed E-state index contributed by atoms with van der Waals surface area (Å²) in [6, 6.07) is 7.74. The van der Waals surface area contributed by atoms with E-state index in [1.54, 1.807) is 24.4 Å². The maximum absolute atomic E-state index is 12.1. The number of aromatic amines is 1. The van der Waals surface area contributed by atoms with Gasteiger partial charge in [0.1, 0.15) is 0 Å². The van der Waals surface area contributed by atoms with E-state index in [0.717, 1.165) is 10.9 Å². The molecule has 2 heterocycles. The van der Waals surface area contributed by atoms with E-state index in [2.05, 4.69) is 20.2 Å². The Balaban J connectivity index is 1.82. The van der Waals surface area contributed by atoms with E-state index in [1.807, 2.05) is 0 Å². The highest BCUT2D eigenvalue weighted by molar-refractivity contribution is 7.89. The van der Waals surface area contributed by atoms with Crippen LogP contribution in [0.1, 0.15) is 10.6 Å². The summed E-state index contributed by atoms with van der Waals surface area (Å²) in [5.74, 6) is -0.637. The van der Waals surface area contributed by atoms with Crippen molar-refractivity contribution in [1.29, 1.82) is 0 Å². The number of nitrogens with zero attached hydrogens (tertiary/aromatic N) is 1. The molecule has 22 heavy (non-hydrogen) atoms. The minimum Gasteiger partial charge on any atom is -0.438 e. The minimum atomic E-state index is -3.71. The maximum atomic E-state index is 12.1. The van der Waals surface area contributed by atoms with Gasteiger partial charge in [-0.25, -0.2) is 13.1 Å². The molecule has 114 valence electrons. The van der Waals surface area contributed by atoms with E-state index in [9.17, 15) is 13.2 Å². The van der Waals surface area contributed by atoms with Gasteiger partial charge >= 0.3 is 0 Å². The number of H-pyrrole nitrogens is 1. The fourth-order valence-corrected chi connectivity index (χ4v) is 2.55. The van der Waals surface area contributed by atoms with E-state index in [4.69, 9.17) is 4.42 Å². The van der Waals surface area contributed by atoms with Crippen molar-refractivity contribution in [2.75, 3.05) is 12.4 Å². The zero-order chi connectivity index (χ0) is 15.7. The van der Waals surface area contributed by atoms with Gasteiger partial charge in [0.05, 0.1) is 11.7 Å². The zero-order valence-electron chi connectivity index (χ0n) is 11.5. The number of hydrogen-bond donors (Lipinski definition) is 3. The van der Waals surface area contributed by atoms with Crippen LogP contribution in [-0.2, 0) is 10.0 Å². The third-order valence-corrected chi connectivity index (χ3v) is 4.32. The van der Waals surface area contributed by atoms with E-state index in [1.165, 1.54) is 19.2 Å². The number of amides is 1. The largest absolute Gasteiger partial charge is 0.438 e. The van der Waals surface area contributed by atoms with E-state index < -0.39 is 15.9 Å². The molecule has 0 radical (unpaired) electrons. The standard InChI is InChI=1S/C13H12N4O4S/c1-14-22(19,20)12-5-4-11(21-12)13(18)16-9-2-3-10-8(6-9)7-15-17-10/h2-7,14H,1H3,(H,15,17)(H,16,18). The fraction of sp³-hybridized carbons (Fsp3) is 0.0769. The Hall–Kier alpha value is -2.65. The van der Waals surface area contributed by atoms with Crippen molar-refractivity contribution in [2.45, 2.75) is 5.09 Å². The summed E-state index contributed by atoms with van der Waals surface area (Å²) in [5, 5.41) is 9.86. The first kappa shape index (κ1) is 14.3. The third-order valence-electron chi connectivity index (χ3n) is 3.04. The van der Waals surface area contributed by atoms with Crippen LogP contribution in [0.4, 0.5) is 5.69 Å². The molecule has 1 aromatic carbocycles. The van der Waals surface area contributed by atoms with Crippen LogP contribution in [0.15, 0.2) is 46.0 Å². The number of nitrogens with one attached hydrogen (secondary N) is 3. The molecule has 3 aromatic rings. The number of carbonyl (C=O) groups is 1. The molecule has 3 rings (SSSR count). The SMILES string of the molecule is CNS(=O)(=O)c1ccc(C(=O)Nc2ccc3[nH]ncc3c2)o1. The first-order valence-corrected chi connectivity index (χ1v) is 7.76. The van der Waals surface area contributed by atoms with Crippen molar-refractivity contribution in [1.82, 2.24) is 14.9 Å². The Labute approximate surface area is 125 Å². The number of fused-ring (bicyclic) bond motifs is 1. The van der Waals surface area contributed by atoms with Crippen molar-refractivity contribution in [3.63, 3.8) is 0 Å². The second-order valence-electron chi connectivity index (χ2n) is 4.45. The van der Waals surface area contributed by atoms with Gasteiger partial charge in [-0.1, -0.05) is 0 Å². The number of furan rings is 1. The molecule has 0 aliphatic heterocycles. The van der Waals surface area contributed by atoms with Gasteiger partial charge in [0.25, 0.3) is 15.9 Å². The Morgan fingerprint density at radius 3 is 2.86 bits per heavy atom. The molecule has 8 nitrogen and oxygen atoms in total. The fourth-order valence-electron chi connectivity index (χ4n) is 1.90. The summed E-state index contributed by atoms with van der Waals surface area (Å²) in [4.78, 5) is 12.1. The maximum Gasteiger partial charge on any atom is 0.291 e. The Kier molecular flexibility index (Phi) is 3.43.